The van der Waals surface area contributed by atoms with E-state index in [-0.39, 0.29) is 40.2 Å². The molecule has 2 rings (SSSR count). The lowest BCUT2D eigenvalue weighted by Crippen LogP contribution is -2.30. The fraction of sp³-hybridized carbons (Fsp3) is 0.167. The Balaban J connectivity index is 2.45. The summed E-state index contributed by atoms with van der Waals surface area (Å²) in [6.07, 6.45) is 0.971. The Hall–Kier alpha value is -4.93. The maximum Gasteiger partial charge on any atom is 0.432 e. The molecule has 0 unspecified atom stereocenters. The van der Waals surface area contributed by atoms with Crippen LogP contribution >= 0.6 is 0 Å². The Kier molecular flexibility index (Phi) is 11.0. The number of pyridine rings is 1. The minimum absolute atomic E-state index is 0.0187. The van der Waals surface area contributed by atoms with Crippen molar-refractivity contribution in [3.05, 3.63) is 120 Å². The number of aromatic nitrogens is 1. The number of allylic oxidation sites excluding steroid dienone is 4. The van der Waals surface area contributed by atoms with Crippen LogP contribution in [0.3, 0.4) is 0 Å². The van der Waals surface area contributed by atoms with Gasteiger partial charge in [0.2, 0.25) is 0 Å². The summed E-state index contributed by atoms with van der Waals surface area (Å²) in [6, 6.07) is 8.77. The molecular formula is C30H32F4N6O. The molecule has 2 aromatic rings. The van der Waals surface area contributed by atoms with E-state index in [1.807, 2.05) is 13.8 Å². The van der Waals surface area contributed by atoms with Gasteiger partial charge in [0, 0.05) is 40.2 Å². The number of hydrogen-bond acceptors (Lipinski definition) is 5. The summed E-state index contributed by atoms with van der Waals surface area (Å²) in [4.78, 5) is 20.2. The molecule has 0 spiro atoms. The maximum atomic E-state index is 14.8. The van der Waals surface area contributed by atoms with Gasteiger partial charge in [-0.15, -0.1) is 0 Å². The highest BCUT2D eigenvalue weighted by molar-refractivity contribution is 5.95. The molecule has 41 heavy (non-hydrogen) atoms. The first kappa shape index (κ1) is 32.3. The Bertz CT molecular complexity index is 1470. The van der Waals surface area contributed by atoms with Crippen molar-refractivity contribution in [2.45, 2.75) is 33.0 Å². The van der Waals surface area contributed by atoms with Crippen LogP contribution in [0.1, 0.15) is 36.8 Å². The average molecular weight is 569 g/mol. The van der Waals surface area contributed by atoms with Crippen molar-refractivity contribution in [3.63, 3.8) is 0 Å². The van der Waals surface area contributed by atoms with E-state index in [4.69, 9.17) is 11.5 Å². The monoisotopic (exact) mass is 568 g/mol. The Morgan fingerprint density at radius 3 is 2.41 bits per heavy atom. The fourth-order valence-electron chi connectivity index (χ4n) is 3.41. The summed E-state index contributed by atoms with van der Waals surface area (Å²) in [7, 11) is 0. The molecule has 1 heterocycles. The number of benzene rings is 1. The van der Waals surface area contributed by atoms with Crippen LogP contribution in [0, 0.1) is 5.82 Å². The number of hydrogen-bond donors (Lipinski definition) is 4. The molecule has 1 aromatic heterocycles. The van der Waals surface area contributed by atoms with Gasteiger partial charge in [-0.05, 0) is 57.2 Å². The molecule has 7 nitrogen and oxygen atoms in total. The van der Waals surface area contributed by atoms with Crippen molar-refractivity contribution in [2.24, 2.45) is 16.5 Å². The van der Waals surface area contributed by atoms with E-state index in [0.717, 1.165) is 6.08 Å². The van der Waals surface area contributed by atoms with Crippen molar-refractivity contribution in [1.29, 1.82) is 0 Å². The minimum atomic E-state index is -4.74. The highest BCUT2D eigenvalue weighted by atomic mass is 19.4. The van der Waals surface area contributed by atoms with E-state index in [2.05, 4.69) is 40.3 Å². The molecule has 6 N–H and O–H groups in total. The molecule has 0 radical (unpaired) electrons. The second-order valence-electron chi connectivity index (χ2n) is 8.95. The van der Waals surface area contributed by atoms with Crippen LogP contribution in [-0.2, 0) is 0 Å². The number of aliphatic imine (C=N–C) groups is 1. The molecule has 1 amide bonds. The van der Waals surface area contributed by atoms with Crippen molar-refractivity contribution in [3.8, 4) is 11.3 Å². The Morgan fingerprint density at radius 1 is 1.15 bits per heavy atom. The third kappa shape index (κ3) is 9.06. The lowest BCUT2D eigenvalue weighted by atomic mass is 10.1. The second kappa shape index (κ2) is 13.9. The smallest absolute Gasteiger partial charge is 0.398 e. The van der Waals surface area contributed by atoms with Gasteiger partial charge < -0.3 is 22.1 Å². The summed E-state index contributed by atoms with van der Waals surface area (Å²) < 4.78 is 53.0. The van der Waals surface area contributed by atoms with Gasteiger partial charge in [0.15, 0.2) is 0 Å². The summed E-state index contributed by atoms with van der Waals surface area (Å²) >= 11 is 0. The first-order valence-electron chi connectivity index (χ1n) is 12.3. The lowest BCUT2D eigenvalue weighted by molar-refractivity contribution is -0.0919. The number of nitrogens with two attached hydrogens (primary N) is 2. The first-order chi connectivity index (χ1) is 19.2. The van der Waals surface area contributed by atoms with Crippen LogP contribution in [0.15, 0.2) is 108 Å². The molecule has 0 aliphatic rings. The highest BCUT2D eigenvalue weighted by Crippen LogP contribution is 2.26. The number of carbonyl (C=O) groups excluding carboxylic acids is 1. The molecule has 0 atom stereocenters. The minimum Gasteiger partial charge on any atom is -0.398 e. The van der Waals surface area contributed by atoms with Crippen LogP contribution in [0.4, 0.5) is 17.6 Å². The number of rotatable bonds is 11. The van der Waals surface area contributed by atoms with E-state index in [1.165, 1.54) is 24.3 Å². The van der Waals surface area contributed by atoms with E-state index < -0.39 is 23.5 Å². The summed E-state index contributed by atoms with van der Waals surface area (Å²) in [6.45, 7) is 16.0. The number of amides is 1. The van der Waals surface area contributed by atoms with Crippen LogP contribution in [0.25, 0.3) is 17.0 Å². The van der Waals surface area contributed by atoms with Gasteiger partial charge in [-0.2, -0.15) is 13.2 Å². The summed E-state index contributed by atoms with van der Waals surface area (Å²) in [5.41, 5.74) is 12.3. The predicted molar refractivity (Wildman–Crippen MR) is 156 cm³/mol. The van der Waals surface area contributed by atoms with E-state index in [1.54, 1.807) is 37.3 Å². The maximum absolute atomic E-state index is 14.8. The normalized spacial score (nSPS) is 13.2. The largest absolute Gasteiger partial charge is 0.432 e. The quantitative estimate of drug-likeness (QED) is 0.117. The molecule has 0 saturated carbocycles. The molecule has 0 fully saturated rings. The standard InChI is InChI=1S/C30H32F4N6O/c1-7-10-21(24(35)16-28(36)39-19(6)30(32,33)34)25(8-2)38-18(5)26-11-9-12-27(40-26)22-15-20(13-14-23(22)31)29(41)37-17(3)4/h7-17,38H,2,5-6,35H2,1,3-4H3,(H2,36,39)(H,37,41)/b10-7-,24-16-,25-21-. The first-order valence-corrected chi connectivity index (χ1v) is 12.3. The fourth-order valence-corrected chi connectivity index (χ4v) is 3.41. The Labute approximate surface area is 236 Å². The molecule has 0 bridgehead atoms. The second-order valence-corrected chi connectivity index (χ2v) is 8.95. The topological polar surface area (TPSA) is 118 Å². The zero-order valence-electron chi connectivity index (χ0n) is 22.9. The van der Waals surface area contributed by atoms with Crippen LogP contribution in [0.5, 0.6) is 0 Å². The summed E-state index contributed by atoms with van der Waals surface area (Å²) in [5, 5.41) is 5.79. The number of nitrogens with zero attached hydrogens (tertiary/aromatic N) is 2. The highest BCUT2D eigenvalue weighted by Gasteiger charge is 2.32. The van der Waals surface area contributed by atoms with Gasteiger partial charge in [0.1, 0.15) is 17.3 Å². The molecule has 216 valence electrons. The molecule has 0 aliphatic carbocycles. The van der Waals surface area contributed by atoms with Crippen LogP contribution in [-0.4, -0.2) is 28.9 Å². The molecular weight excluding hydrogens is 536 g/mol. The lowest BCUT2D eigenvalue weighted by Gasteiger charge is -2.15. The molecule has 11 heteroatoms. The number of amidine groups is 1. The molecule has 1 aromatic carbocycles. The van der Waals surface area contributed by atoms with Gasteiger partial charge in [-0.25, -0.2) is 14.4 Å². The van der Waals surface area contributed by atoms with E-state index >= 15 is 0 Å². The van der Waals surface area contributed by atoms with Crippen molar-refractivity contribution < 1.29 is 22.4 Å². The summed E-state index contributed by atoms with van der Waals surface area (Å²) in [5.74, 6) is -1.42. The van der Waals surface area contributed by atoms with E-state index in [0.29, 0.717) is 17.0 Å². The zero-order chi connectivity index (χ0) is 30.9. The van der Waals surface area contributed by atoms with E-state index in [9.17, 15) is 22.4 Å². The Morgan fingerprint density at radius 2 is 1.83 bits per heavy atom. The van der Waals surface area contributed by atoms with Gasteiger partial charge in [-0.3, -0.25) is 4.79 Å². The van der Waals surface area contributed by atoms with Gasteiger partial charge in [0.05, 0.1) is 17.1 Å². The molecule has 0 aliphatic heterocycles. The van der Waals surface area contributed by atoms with Gasteiger partial charge >= 0.3 is 6.18 Å². The SMILES string of the molecule is C=C/C(NC(=C)c1cccc(-c2cc(C(=O)NC(C)C)ccc2F)n1)=C(\C=C/C)C(/N)=C/C(N)=NC(=C)C(F)(F)F. The van der Waals surface area contributed by atoms with Crippen molar-refractivity contribution in [2.75, 3.05) is 0 Å². The number of nitrogens with one attached hydrogen (secondary N) is 2. The number of carbonyl (C=O) groups is 1. The average Bonchev–Trinajstić information content (AvgIpc) is 2.89. The third-order valence-electron chi connectivity index (χ3n) is 5.30. The van der Waals surface area contributed by atoms with Crippen molar-refractivity contribution in [1.82, 2.24) is 15.6 Å². The molecule has 0 saturated heterocycles. The van der Waals surface area contributed by atoms with Gasteiger partial charge in [0.25, 0.3) is 5.91 Å². The van der Waals surface area contributed by atoms with Crippen LogP contribution in [0.2, 0.25) is 0 Å². The zero-order valence-corrected chi connectivity index (χ0v) is 22.9. The van der Waals surface area contributed by atoms with Crippen LogP contribution < -0.4 is 22.1 Å². The third-order valence-corrected chi connectivity index (χ3v) is 5.30. The predicted octanol–water partition coefficient (Wildman–Crippen LogP) is 5.88. The van der Waals surface area contributed by atoms with Crippen molar-refractivity contribution >= 4 is 17.4 Å². The number of halogens is 4. The number of alkyl halides is 3. The van der Waals surface area contributed by atoms with Gasteiger partial charge in [-0.1, -0.05) is 38.0 Å².